The minimum Gasteiger partial charge on any atom is -0.460 e. The monoisotopic (exact) mass is 407 g/mol. The first kappa shape index (κ1) is 19.0. The number of carbonyl (C=O) groups is 1. The van der Waals surface area contributed by atoms with Crippen LogP contribution in [0.1, 0.15) is 12.5 Å². The molecule has 0 bridgehead atoms. The number of nitro groups is 1. The van der Waals surface area contributed by atoms with Crippen LogP contribution in [0.3, 0.4) is 0 Å². The predicted octanol–water partition coefficient (Wildman–Crippen LogP) is 5.72. The van der Waals surface area contributed by atoms with Crippen molar-refractivity contribution in [3.8, 4) is 0 Å². The van der Waals surface area contributed by atoms with Crippen LogP contribution in [0, 0.1) is 10.1 Å². The number of ether oxygens (including phenoxy) is 1. The fourth-order valence-electron chi connectivity index (χ4n) is 3.04. The molecule has 1 heterocycles. The van der Waals surface area contributed by atoms with E-state index in [2.05, 4.69) is 0 Å². The second-order valence-electron chi connectivity index (χ2n) is 6.52. The largest absolute Gasteiger partial charge is 0.460 e. The van der Waals surface area contributed by atoms with Crippen molar-refractivity contribution < 1.29 is 18.9 Å². The lowest BCUT2D eigenvalue weighted by Gasteiger charge is -2.11. The number of nitrogens with zero attached hydrogens (tertiary/aromatic N) is 1. The normalized spacial score (nSPS) is 12.2. The zero-order valence-corrected chi connectivity index (χ0v) is 16.3. The highest BCUT2D eigenvalue weighted by atomic mass is 32.2. The van der Waals surface area contributed by atoms with Crippen molar-refractivity contribution in [3.63, 3.8) is 0 Å². The van der Waals surface area contributed by atoms with Crippen molar-refractivity contribution in [2.45, 2.75) is 23.7 Å². The number of para-hydroxylation sites is 2. The van der Waals surface area contributed by atoms with E-state index >= 15 is 0 Å². The average molecular weight is 407 g/mol. The summed E-state index contributed by atoms with van der Waals surface area (Å²) in [5.74, 6) is -0.360. The molecule has 0 aliphatic carbocycles. The molecule has 1 aromatic heterocycles. The Labute approximate surface area is 170 Å². The van der Waals surface area contributed by atoms with Gasteiger partial charge in [-0.05, 0) is 36.8 Å². The van der Waals surface area contributed by atoms with Crippen molar-refractivity contribution in [3.05, 3.63) is 82.4 Å². The van der Waals surface area contributed by atoms with Crippen molar-refractivity contribution in [2.24, 2.45) is 0 Å². The Kier molecular flexibility index (Phi) is 5.22. The van der Waals surface area contributed by atoms with Crippen LogP contribution in [0.25, 0.3) is 21.9 Å². The number of non-ortho nitro benzene ring substituents is 1. The maximum Gasteiger partial charge on any atom is 0.319 e. The van der Waals surface area contributed by atoms with E-state index in [9.17, 15) is 14.9 Å². The summed E-state index contributed by atoms with van der Waals surface area (Å²) in [6.07, 6.45) is 0. The van der Waals surface area contributed by atoms with Crippen molar-refractivity contribution in [2.75, 3.05) is 0 Å². The van der Waals surface area contributed by atoms with Gasteiger partial charge in [-0.3, -0.25) is 14.9 Å². The van der Waals surface area contributed by atoms with Crippen LogP contribution in [0.5, 0.6) is 0 Å². The fraction of sp³-hybridized carbons (Fsp3) is 0.136. The van der Waals surface area contributed by atoms with Crippen molar-refractivity contribution >= 4 is 45.4 Å². The summed E-state index contributed by atoms with van der Waals surface area (Å²) in [6, 6.07) is 19.7. The summed E-state index contributed by atoms with van der Waals surface area (Å²) >= 11 is 1.38. The predicted molar refractivity (Wildman–Crippen MR) is 112 cm³/mol. The van der Waals surface area contributed by atoms with Gasteiger partial charge >= 0.3 is 5.97 Å². The van der Waals surface area contributed by atoms with E-state index in [1.165, 1.54) is 23.9 Å². The lowest BCUT2D eigenvalue weighted by Crippen LogP contribution is -2.16. The standard InChI is InChI=1S/C22H17NO5S/c1-14(22(24)27-13-15-9-11-16(12-10-15)23(25)26)29-20-8-4-6-18-17-5-2-3-7-19(17)28-21(18)20/h2-12,14H,13H2,1H3. The molecule has 0 saturated heterocycles. The number of benzene rings is 3. The van der Waals surface area contributed by atoms with Gasteiger partial charge in [0, 0.05) is 22.9 Å². The molecule has 3 aromatic carbocycles. The number of hydrogen-bond donors (Lipinski definition) is 0. The summed E-state index contributed by atoms with van der Waals surface area (Å²) in [6.45, 7) is 1.85. The van der Waals surface area contributed by atoms with Gasteiger partial charge in [0.05, 0.1) is 9.82 Å². The first-order valence-corrected chi connectivity index (χ1v) is 9.88. The molecule has 146 valence electrons. The van der Waals surface area contributed by atoms with Crippen LogP contribution in [0.2, 0.25) is 0 Å². The molecule has 4 rings (SSSR count). The second kappa shape index (κ2) is 7.97. The Hall–Kier alpha value is -3.32. The number of carbonyl (C=O) groups excluding carboxylic acids is 1. The van der Waals surface area contributed by atoms with E-state index in [0.29, 0.717) is 5.56 Å². The van der Waals surface area contributed by atoms with Gasteiger partial charge in [-0.1, -0.05) is 30.3 Å². The maximum absolute atomic E-state index is 12.4. The zero-order valence-electron chi connectivity index (χ0n) is 15.5. The van der Waals surface area contributed by atoms with E-state index in [1.54, 1.807) is 19.1 Å². The second-order valence-corrected chi connectivity index (χ2v) is 7.91. The maximum atomic E-state index is 12.4. The Morgan fingerprint density at radius 3 is 2.55 bits per heavy atom. The van der Waals surface area contributed by atoms with Gasteiger partial charge in [0.1, 0.15) is 23.0 Å². The van der Waals surface area contributed by atoms with Crippen molar-refractivity contribution in [1.29, 1.82) is 0 Å². The van der Waals surface area contributed by atoms with E-state index in [1.807, 2.05) is 42.5 Å². The Balaban J connectivity index is 1.45. The average Bonchev–Trinajstić information content (AvgIpc) is 3.12. The van der Waals surface area contributed by atoms with Crippen LogP contribution in [0.15, 0.2) is 76.0 Å². The van der Waals surface area contributed by atoms with Gasteiger partial charge in [-0.25, -0.2) is 0 Å². The number of thioether (sulfide) groups is 1. The molecule has 0 fully saturated rings. The molecule has 0 spiro atoms. The zero-order chi connectivity index (χ0) is 20.4. The fourth-order valence-corrected chi connectivity index (χ4v) is 4.00. The molecule has 0 amide bonds. The third kappa shape index (κ3) is 3.95. The summed E-state index contributed by atoms with van der Waals surface area (Å²) in [5.41, 5.74) is 2.26. The molecule has 0 aliphatic heterocycles. The highest BCUT2D eigenvalue weighted by Gasteiger charge is 2.19. The third-order valence-electron chi connectivity index (χ3n) is 4.53. The van der Waals surface area contributed by atoms with E-state index in [4.69, 9.17) is 9.15 Å². The molecule has 0 aliphatic rings. The van der Waals surface area contributed by atoms with Gasteiger partial charge in [-0.15, -0.1) is 11.8 Å². The lowest BCUT2D eigenvalue weighted by molar-refractivity contribution is -0.384. The highest BCUT2D eigenvalue weighted by molar-refractivity contribution is 8.00. The van der Waals surface area contributed by atoms with E-state index in [0.717, 1.165) is 26.8 Å². The highest BCUT2D eigenvalue weighted by Crippen LogP contribution is 2.36. The molecular weight excluding hydrogens is 390 g/mol. The lowest BCUT2D eigenvalue weighted by atomic mass is 10.1. The number of hydrogen-bond acceptors (Lipinski definition) is 6. The summed E-state index contributed by atoms with van der Waals surface area (Å²) in [5, 5.41) is 12.3. The van der Waals surface area contributed by atoms with Crippen LogP contribution in [-0.2, 0) is 16.1 Å². The van der Waals surface area contributed by atoms with Crippen LogP contribution in [-0.4, -0.2) is 16.1 Å². The van der Waals surface area contributed by atoms with Gasteiger partial charge in [-0.2, -0.15) is 0 Å². The minimum atomic E-state index is -0.465. The SMILES string of the molecule is CC(Sc1cccc2c1oc1ccccc12)C(=O)OCc1ccc([N+](=O)[O-])cc1. The first-order valence-electron chi connectivity index (χ1n) is 9.00. The molecule has 0 radical (unpaired) electrons. The Morgan fingerprint density at radius 2 is 1.79 bits per heavy atom. The van der Waals surface area contributed by atoms with Crippen LogP contribution < -0.4 is 0 Å². The third-order valence-corrected chi connectivity index (χ3v) is 5.65. The molecule has 29 heavy (non-hydrogen) atoms. The van der Waals surface area contributed by atoms with Gasteiger partial charge in [0.2, 0.25) is 0 Å². The summed E-state index contributed by atoms with van der Waals surface area (Å²) in [4.78, 5) is 23.5. The Morgan fingerprint density at radius 1 is 1.07 bits per heavy atom. The smallest absolute Gasteiger partial charge is 0.319 e. The topological polar surface area (TPSA) is 82.6 Å². The quantitative estimate of drug-likeness (QED) is 0.176. The molecule has 0 saturated carbocycles. The Bertz CT molecular complexity index is 1200. The van der Waals surface area contributed by atoms with Crippen molar-refractivity contribution in [1.82, 2.24) is 0 Å². The number of esters is 1. The van der Waals surface area contributed by atoms with Gasteiger partial charge in [0.15, 0.2) is 0 Å². The number of rotatable bonds is 6. The number of fused-ring (bicyclic) bond motifs is 3. The molecule has 1 atom stereocenters. The summed E-state index contributed by atoms with van der Waals surface area (Å²) < 4.78 is 11.4. The molecule has 6 nitrogen and oxygen atoms in total. The molecule has 1 unspecified atom stereocenters. The van der Waals surface area contributed by atoms with E-state index in [-0.39, 0.29) is 18.3 Å². The number of nitro benzene ring substituents is 1. The summed E-state index contributed by atoms with van der Waals surface area (Å²) in [7, 11) is 0. The molecule has 7 heteroatoms. The van der Waals surface area contributed by atoms with Crippen LogP contribution in [0.4, 0.5) is 5.69 Å². The minimum absolute atomic E-state index is 0.00271. The van der Waals surface area contributed by atoms with Gasteiger partial charge in [0.25, 0.3) is 5.69 Å². The van der Waals surface area contributed by atoms with E-state index < -0.39 is 10.2 Å². The molecule has 4 aromatic rings. The first-order chi connectivity index (χ1) is 14.0. The molecular formula is C22H17NO5S. The molecule has 0 N–H and O–H groups in total. The van der Waals surface area contributed by atoms with Gasteiger partial charge < -0.3 is 9.15 Å². The number of furan rings is 1. The van der Waals surface area contributed by atoms with Crippen LogP contribution >= 0.6 is 11.8 Å².